The first-order valence-corrected chi connectivity index (χ1v) is 13.7. The molecule has 5 aromatic rings. The van der Waals surface area contributed by atoms with Gasteiger partial charge in [-0.25, -0.2) is 9.07 Å². The molecular weight excluding hydrogens is 539 g/mol. The van der Waals surface area contributed by atoms with Crippen molar-refractivity contribution >= 4 is 35.0 Å². The molecule has 206 valence electrons. The standard InChI is InChI=1S/C32H27FN4O3S/c1-21-28(32(40)37(36(21)2)24-13-7-4-8-14-24)35-31(39)29(22-11-5-3-6-12-22)41-25-19-17-23(18-20-25)34-30(38)26-15-9-10-16-27(26)33/h3-20,29H,1-2H3,(H,34,38)(H,35,39). The number of nitrogens with one attached hydrogen (secondary N) is 2. The highest BCUT2D eigenvalue weighted by molar-refractivity contribution is 8.00. The summed E-state index contributed by atoms with van der Waals surface area (Å²) in [5.74, 6) is -1.49. The topological polar surface area (TPSA) is 85.1 Å². The molecule has 2 amide bonds. The molecule has 1 heterocycles. The van der Waals surface area contributed by atoms with E-state index in [9.17, 15) is 18.8 Å². The third-order valence-corrected chi connectivity index (χ3v) is 7.89. The molecule has 9 heteroatoms. The summed E-state index contributed by atoms with van der Waals surface area (Å²) in [5, 5.41) is 4.91. The molecule has 0 radical (unpaired) electrons. The van der Waals surface area contributed by atoms with E-state index in [-0.39, 0.29) is 22.7 Å². The number of aromatic nitrogens is 2. The molecule has 41 heavy (non-hydrogen) atoms. The summed E-state index contributed by atoms with van der Waals surface area (Å²) in [7, 11) is 1.77. The van der Waals surface area contributed by atoms with Crippen LogP contribution in [0.2, 0.25) is 0 Å². The Labute approximate surface area is 240 Å². The van der Waals surface area contributed by atoms with Crippen LogP contribution in [-0.2, 0) is 11.8 Å². The molecular formula is C32H27FN4O3S. The Balaban J connectivity index is 1.37. The van der Waals surface area contributed by atoms with Crippen molar-refractivity contribution < 1.29 is 14.0 Å². The molecule has 2 N–H and O–H groups in total. The number of para-hydroxylation sites is 1. The van der Waals surface area contributed by atoms with Gasteiger partial charge in [-0.2, -0.15) is 0 Å². The van der Waals surface area contributed by atoms with Crippen LogP contribution in [0.3, 0.4) is 0 Å². The van der Waals surface area contributed by atoms with E-state index in [0.29, 0.717) is 17.1 Å². The molecule has 1 aromatic heterocycles. The highest BCUT2D eigenvalue weighted by Gasteiger charge is 2.26. The number of carbonyl (C=O) groups is 2. The summed E-state index contributed by atoms with van der Waals surface area (Å²) in [6, 6.07) is 31.3. The van der Waals surface area contributed by atoms with E-state index in [4.69, 9.17) is 0 Å². The number of hydrogen-bond donors (Lipinski definition) is 2. The quantitative estimate of drug-likeness (QED) is 0.215. The molecule has 0 saturated heterocycles. The summed E-state index contributed by atoms with van der Waals surface area (Å²) in [6.07, 6.45) is 0. The summed E-state index contributed by atoms with van der Waals surface area (Å²) >= 11 is 1.31. The smallest absolute Gasteiger partial charge is 0.295 e. The van der Waals surface area contributed by atoms with Crippen molar-refractivity contribution in [3.63, 3.8) is 0 Å². The van der Waals surface area contributed by atoms with Crippen LogP contribution in [0.4, 0.5) is 15.8 Å². The van der Waals surface area contributed by atoms with Crippen molar-refractivity contribution in [1.82, 2.24) is 9.36 Å². The van der Waals surface area contributed by atoms with Crippen molar-refractivity contribution in [1.29, 1.82) is 0 Å². The first-order chi connectivity index (χ1) is 19.8. The normalized spacial score (nSPS) is 11.6. The van der Waals surface area contributed by atoms with Crippen LogP contribution in [0, 0.1) is 12.7 Å². The Morgan fingerprint density at radius 3 is 2.07 bits per heavy atom. The molecule has 0 bridgehead atoms. The molecule has 4 aromatic carbocycles. The zero-order valence-electron chi connectivity index (χ0n) is 22.4. The number of carbonyl (C=O) groups excluding carboxylic acids is 2. The summed E-state index contributed by atoms with van der Waals surface area (Å²) < 4.78 is 17.2. The largest absolute Gasteiger partial charge is 0.322 e. The van der Waals surface area contributed by atoms with E-state index in [2.05, 4.69) is 10.6 Å². The van der Waals surface area contributed by atoms with Gasteiger partial charge in [-0.3, -0.25) is 19.1 Å². The SMILES string of the molecule is Cc1c(NC(=O)C(Sc2ccc(NC(=O)c3ccccc3F)cc2)c2ccccc2)c(=O)n(-c2ccccc2)n1C. The monoisotopic (exact) mass is 566 g/mol. The highest BCUT2D eigenvalue weighted by atomic mass is 32.2. The Morgan fingerprint density at radius 1 is 0.805 bits per heavy atom. The Morgan fingerprint density at radius 2 is 1.41 bits per heavy atom. The number of benzene rings is 4. The van der Waals surface area contributed by atoms with Crippen LogP contribution in [0.5, 0.6) is 0 Å². The minimum Gasteiger partial charge on any atom is -0.322 e. The number of hydrogen-bond acceptors (Lipinski definition) is 4. The van der Waals surface area contributed by atoms with Gasteiger partial charge in [-0.05, 0) is 61.0 Å². The van der Waals surface area contributed by atoms with Crippen LogP contribution in [0.25, 0.3) is 5.69 Å². The lowest BCUT2D eigenvalue weighted by Crippen LogP contribution is -2.25. The van der Waals surface area contributed by atoms with E-state index < -0.39 is 17.0 Å². The van der Waals surface area contributed by atoms with Crippen LogP contribution in [-0.4, -0.2) is 21.2 Å². The van der Waals surface area contributed by atoms with E-state index in [1.165, 1.54) is 34.6 Å². The fourth-order valence-electron chi connectivity index (χ4n) is 4.40. The third-order valence-electron chi connectivity index (χ3n) is 6.63. The van der Waals surface area contributed by atoms with Gasteiger partial charge in [0.1, 0.15) is 16.8 Å². The molecule has 0 aliphatic heterocycles. The maximum Gasteiger partial charge on any atom is 0.295 e. The second kappa shape index (κ2) is 12.1. The molecule has 1 atom stereocenters. The number of anilines is 2. The summed E-state index contributed by atoms with van der Waals surface area (Å²) in [6.45, 7) is 1.79. The van der Waals surface area contributed by atoms with Gasteiger partial charge in [0.2, 0.25) is 5.91 Å². The lowest BCUT2D eigenvalue weighted by atomic mass is 10.1. The predicted octanol–water partition coefficient (Wildman–Crippen LogP) is 6.35. The van der Waals surface area contributed by atoms with Crippen LogP contribution in [0.15, 0.2) is 119 Å². The van der Waals surface area contributed by atoms with Gasteiger partial charge in [0, 0.05) is 17.6 Å². The van der Waals surface area contributed by atoms with Crippen molar-refractivity contribution in [2.75, 3.05) is 10.6 Å². The Hall–Kier alpha value is -4.89. The molecule has 0 aliphatic carbocycles. The van der Waals surface area contributed by atoms with Crippen molar-refractivity contribution in [2.45, 2.75) is 17.1 Å². The maximum absolute atomic E-state index is 14.0. The lowest BCUT2D eigenvalue weighted by Gasteiger charge is -2.17. The van der Waals surface area contributed by atoms with Gasteiger partial charge in [-0.15, -0.1) is 11.8 Å². The Kier molecular flexibility index (Phi) is 8.16. The molecule has 5 rings (SSSR count). The molecule has 0 saturated carbocycles. The van der Waals surface area contributed by atoms with E-state index in [1.54, 1.807) is 49.0 Å². The predicted molar refractivity (Wildman–Crippen MR) is 160 cm³/mol. The number of amides is 2. The zero-order chi connectivity index (χ0) is 28.9. The maximum atomic E-state index is 14.0. The number of rotatable bonds is 8. The summed E-state index contributed by atoms with van der Waals surface area (Å²) in [5.41, 5.74) is 2.42. The average Bonchev–Trinajstić information content (AvgIpc) is 3.20. The first-order valence-electron chi connectivity index (χ1n) is 12.9. The van der Waals surface area contributed by atoms with Gasteiger partial charge < -0.3 is 10.6 Å². The molecule has 0 aliphatic rings. The fraction of sp³-hybridized carbons (Fsp3) is 0.0938. The minimum absolute atomic E-state index is 0.0469. The van der Waals surface area contributed by atoms with Crippen LogP contribution in [0.1, 0.15) is 26.9 Å². The zero-order valence-corrected chi connectivity index (χ0v) is 23.2. The number of nitrogens with zero attached hydrogens (tertiary/aromatic N) is 2. The molecule has 1 unspecified atom stereocenters. The molecule has 0 fully saturated rings. The average molecular weight is 567 g/mol. The highest BCUT2D eigenvalue weighted by Crippen LogP contribution is 2.37. The van der Waals surface area contributed by atoms with Gasteiger partial charge in [0.25, 0.3) is 11.5 Å². The fourth-order valence-corrected chi connectivity index (χ4v) is 5.42. The van der Waals surface area contributed by atoms with Crippen molar-refractivity contribution in [2.24, 2.45) is 7.05 Å². The van der Waals surface area contributed by atoms with E-state index in [0.717, 1.165) is 10.5 Å². The van der Waals surface area contributed by atoms with Crippen molar-refractivity contribution in [3.05, 3.63) is 142 Å². The van der Waals surface area contributed by atoms with Crippen LogP contribution < -0.4 is 16.2 Å². The third kappa shape index (κ3) is 6.00. The van der Waals surface area contributed by atoms with E-state index >= 15 is 0 Å². The number of halogens is 1. The summed E-state index contributed by atoms with van der Waals surface area (Å²) in [4.78, 5) is 40.3. The van der Waals surface area contributed by atoms with Gasteiger partial charge in [-0.1, -0.05) is 60.7 Å². The first kappa shape index (κ1) is 27.7. The van der Waals surface area contributed by atoms with Gasteiger partial charge in [0.15, 0.2) is 0 Å². The second-order valence-corrected chi connectivity index (χ2v) is 10.5. The van der Waals surface area contributed by atoms with Crippen molar-refractivity contribution in [3.8, 4) is 5.69 Å². The minimum atomic E-state index is -0.667. The number of thioether (sulfide) groups is 1. The second-order valence-electron chi connectivity index (χ2n) is 9.29. The Bertz CT molecular complexity index is 1750. The molecule has 7 nitrogen and oxygen atoms in total. The van der Waals surface area contributed by atoms with Gasteiger partial charge in [0.05, 0.1) is 16.9 Å². The lowest BCUT2D eigenvalue weighted by molar-refractivity contribution is -0.115. The molecule has 0 spiro atoms. The van der Waals surface area contributed by atoms with E-state index in [1.807, 2.05) is 60.7 Å². The van der Waals surface area contributed by atoms with Gasteiger partial charge >= 0.3 is 0 Å². The van der Waals surface area contributed by atoms with Crippen LogP contribution >= 0.6 is 11.8 Å².